The second kappa shape index (κ2) is 9.33. The van der Waals surface area contributed by atoms with E-state index in [2.05, 4.69) is 43.6 Å². The van der Waals surface area contributed by atoms with Gasteiger partial charge in [0, 0.05) is 30.4 Å². The molecular weight excluding hydrogens is 388 g/mol. The molecule has 1 N–H and O–H groups in total. The highest BCUT2D eigenvalue weighted by molar-refractivity contribution is 6.30. The molecule has 0 saturated carbocycles. The van der Waals surface area contributed by atoms with Gasteiger partial charge >= 0.3 is 5.97 Å². The number of allylic oxidation sites excluding steroid dienone is 1. The van der Waals surface area contributed by atoms with Crippen molar-refractivity contribution in [1.82, 2.24) is 9.80 Å². The first-order valence-corrected chi connectivity index (χ1v) is 10.7. The van der Waals surface area contributed by atoms with Gasteiger partial charge in [0.05, 0.1) is 18.8 Å². The summed E-state index contributed by atoms with van der Waals surface area (Å²) in [6.07, 6.45) is 2.16. The lowest BCUT2D eigenvalue weighted by atomic mass is 9.85. The van der Waals surface area contributed by atoms with Gasteiger partial charge in [0.2, 0.25) is 0 Å². The fourth-order valence-electron chi connectivity index (χ4n) is 4.21. The summed E-state index contributed by atoms with van der Waals surface area (Å²) in [6.45, 7) is 12.0. The van der Waals surface area contributed by atoms with Crippen molar-refractivity contribution in [2.45, 2.75) is 40.4 Å². The number of aliphatic carboxylic acids is 1. The lowest BCUT2D eigenvalue weighted by molar-refractivity contribution is -0.132. The summed E-state index contributed by atoms with van der Waals surface area (Å²) < 4.78 is 5.56. The van der Waals surface area contributed by atoms with Gasteiger partial charge in [-0.2, -0.15) is 0 Å². The molecule has 0 aromatic heterocycles. The summed E-state index contributed by atoms with van der Waals surface area (Å²) in [4.78, 5) is 17.0. The van der Waals surface area contributed by atoms with Crippen LogP contribution in [0.1, 0.15) is 33.3 Å². The zero-order valence-corrected chi connectivity index (χ0v) is 18.4. The number of carboxylic acid groups (broad SMARTS) is 1. The molecule has 5 nitrogen and oxygen atoms in total. The van der Waals surface area contributed by atoms with Crippen molar-refractivity contribution in [3.8, 4) is 0 Å². The van der Waals surface area contributed by atoms with Crippen molar-refractivity contribution in [2.75, 3.05) is 26.3 Å². The maximum Gasteiger partial charge on any atom is 0.337 e. The number of benzene rings is 1. The second-order valence-electron chi connectivity index (χ2n) is 8.31. The van der Waals surface area contributed by atoms with Crippen LogP contribution < -0.4 is 0 Å². The predicted octanol–water partition coefficient (Wildman–Crippen LogP) is 4.39. The van der Waals surface area contributed by atoms with E-state index < -0.39 is 5.97 Å². The quantitative estimate of drug-likeness (QED) is 0.742. The number of carbonyl (C=O) groups is 1. The molecule has 158 valence electrons. The average molecular weight is 419 g/mol. The average Bonchev–Trinajstić information content (AvgIpc) is 2.69. The fourth-order valence-corrected chi connectivity index (χ4v) is 4.34. The van der Waals surface area contributed by atoms with E-state index in [9.17, 15) is 9.90 Å². The van der Waals surface area contributed by atoms with Gasteiger partial charge in [-0.3, -0.25) is 4.90 Å². The molecule has 0 spiro atoms. The predicted molar refractivity (Wildman–Crippen MR) is 116 cm³/mol. The summed E-state index contributed by atoms with van der Waals surface area (Å²) in [7, 11) is 0. The van der Waals surface area contributed by atoms with Gasteiger partial charge in [-0.1, -0.05) is 51.4 Å². The number of halogens is 1. The number of carboxylic acids is 1. The monoisotopic (exact) mass is 418 g/mol. The van der Waals surface area contributed by atoms with Crippen LogP contribution in [0.15, 0.2) is 47.2 Å². The highest BCUT2D eigenvalue weighted by atomic mass is 35.5. The van der Waals surface area contributed by atoms with Gasteiger partial charge in [-0.15, -0.1) is 0 Å². The minimum absolute atomic E-state index is 0.00692. The SMILES string of the molecule is CC(C)C1=CC(N2CCOCC2)N(Cc2ccc(Cl)cc2)C(C(C)C)=C1C(=O)O. The maximum atomic E-state index is 12.3. The molecule has 2 aliphatic heterocycles. The van der Waals surface area contributed by atoms with Gasteiger partial charge in [0.1, 0.15) is 6.17 Å². The molecule has 1 fully saturated rings. The Morgan fingerprint density at radius 2 is 1.76 bits per heavy atom. The maximum absolute atomic E-state index is 12.3. The highest BCUT2D eigenvalue weighted by Crippen LogP contribution is 2.37. The molecule has 1 aromatic rings. The second-order valence-corrected chi connectivity index (χ2v) is 8.75. The van der Waals surface area contributed by atoms with Crippen LogP contribution in [0.5, 0.6) is 0 Å². The number of rotatable bonds is 6. The van der Waals surface area contributed by atoms with Crippen molar-refractivity contribution in [1.29, 1.82) is 0 Å². The molecule has 2 heterocycles. The summed E-state index contributed by atoms with van der Waals surface area (Å²) in [5, 5.41) is 10.8. The van der Waals surface area contributed by atoms with Crippen molar-refractivity contribution in [3.63, 3.8) is 0 Å². The number of nitrogens with zero attached hydrogens (tertiary/aromatic N) is 2. The number of morpholine rings is 1. The zero-order chi connectivity index (χ0) is 21.1. The molecule has 3 rings (SSSR count). The largest absolute Gasteiger partial charge is 0.478 e. The van der Waals surface area contributed by atoms with E-state index in [0.29, 0.717) is 30.4 Å². The molecule has 29 heavy (non-hydrogen) atoms. The molecule has 1 unspecified atom stereocenters. The van der Waals surface area contributed by atoms with E-state index >= 15 is 0 Å². The third-order valence-corrected chi connectivity index (χ3v) is 5.82. The van der Waals surface area contributed by atoms with Crippen LogP contribution in [0.4, 0.5) is 0 Å². The molecule has 6 heteroatoms. The van der Waals surface area contributed by atoms with Gasteiger partial charge in [0.25, 0.3) is 0 Å². The molecule has 0 aliphatic carbocycles. The molecule has 1 aromatic carbocycles. The number of hydrogen-bond acceptors (Lipinski definition) is 4. The topological polar surface area (TPSA) is 53.0 Å². The summed E-state index contributed by atoms with van der Waals surface area (Å²) in [6, 6.07) is 7.80. The van der Waals surface area contributed by atoms with Crippen molar-refractivity contribution < 1.29 is 14.6 Å². The molecular formula is C23H31ClN2O3. The van der Waals surface area contributed by atoms with Crippen LogP contribution in [-0.2, 0) is 16.1 Å². The molecule has 0 radical (unpaired) electrons. The van der Waals surface area contributed by atoms with Crippen LogP contribution in [-0.4, -0.2) is 53.3 Å². The van der Waals surface area contributed by atoms with Gasteiger partial charge in [0.15, 0.2) is 0 Å². The smallest absolute Gasteiger partial charge is 0.337 e. The number of hydrogen-bond donors (Lipinski definition) is 1. The van der Waals surface area contributed by atoms with Crippen molar-refractivity contribution in [2.24, 2.45) is 11.8 Å². The fraction of sp³-hybridized carbons (Fsp3) is 0.522. The Kier molecular flexibility index (Phi) is 7.04. The Morgan fingerprint density at radius 1 is 1.14 bits per heavy atom. The van der Waals surface area contributed by atoms with Crippen molar-refractivity contribution in [3.05, 3.63) is 57.8 Å². The first-order chi connectivity index (χ1) is 13.8. The summed E-state index contributed by atoms with van der Waals surface area (Å²) in [5.41, 5.74) is 3.38. The standard InChI is InChI=1S/C23H31ClN2O3/c1-15(2)19-13-20(25-9-11-29-12-10-25)26(14-17-5-7-18(24)8-6-17)22(16(3)4)21(19)23(27)28/h5-8,13,15-16,20H,9-12,14H2,1-4H3,(H,27,28). The molecule has 1 atom stereocenters. The van der Waals surface area contributed by atoms with Crippen LogP contribution in [0, 0.1) is 11.8 Å². The van der Waals surface area contributed by atoms with Gasteiger partial charge < -0.3 is 14.7 Å². The zero-order valence-electron chi connectivity index (χ0n) is 17.7. The third kappa shape index (κ3) is 4.85. The molecule has 0 amide bonds. The van der Waals surface area contributed by atoms with E-state index in [1.54, 1.807) is 0 Å². The molecule has 2 aliphatic rings. The lowest BCUT2D eigenvalue weighted by Gasteiger charge is -2.46. The first kappa shape index (κ1) is 21.9. The van der Waals surface area contributed by atoms with Gasteiger partial charge in [-0.05, 0) is 41.2 Å². The summed E-state index contributed by atoms with van der Waals surface area (Å²) in [5.74, 6) is -0.634. The van der Waals surface area contributed by atoms with Crippen LogP contribution in [0.2, 0.25) is 5.02 Å². The van der Waals surface area contributed by atoms with Crippen molar-refractivity contribution >= 4 is 17.6 Å². The van der Waals surface area contributed by atoms with Gasteiger partial charge in [-0.25, -0.2) is 4.79 Å². The summed E-state index contributed by atoms with van der Waals surface area (Å²) >= 11 is 6.07. The van der Waals surface area contributed by atoms with E-state index in [0.717, 1.165) is 29.9 Å². The lowest BCUT2D eigenvalue weighted by Crippen LogP contribution is -2.53. The number of ether oxygens (including phenoxy) is 1. The van der Waals surface area contributed by atoms with E-state index in [1.807, 2.05) is 24.3 Å². The van der Waals surface area contributed by atoms with E-state index in [-0.39, 0.29) is 18.0 Å². The van der Waals surface area contributed by atoms with Crippen LogP contribution >= 0.6 is 11.6 Å². The highest BCUT2D eigenvalue weighted by Gasteiger charge is 2.37. The Hall–Kier alpha value is -1.82. The van der Waals surface area contributed by atoms with Crippen LogP contribution in [0.3, 0.4) is 0 Å². The normalized spacial score (nSPS) is 21.1. The Labute approximate surface area is 178 Å². The first-order valence-electron chi connectivity index (χ1n) is 10.3. The Morgan fingerprint density at radius 3 is 2.28 bits per heavy atom. The third-order valence-electron chi connectivity index (χ3n) is 5.57. The Bertz CT molecular complexity index is 793. The Balaban J connectivity index is 2.10. The minimum atomic E-state index is -0.852. The molecule has 0 bridgehead atoms. The van der Waals surface area contributed by atoms with E-state index in [1.165, 1.54) is 0 Å². The van der Waals surface area contributed by atoms with Crippen LogP contribution in [0.25, 0.3) is 0 Å². The minimum Gasteiger partial charge on any atom is -0.478 e. The van der Waals surface area contributed by atoms with E-state index in [4.69, 9.17) is 16.3 Å². The molecule has 1 saturated heterocycles.